The van der Waals surface area contributed by atoms with Crippen molar-refractivity contribution >= 4 is 58.2 Å². The third-order valence-electron chi connectivity index (χ3n) is 0.647. The van der Waals surface area contributed by atoms with Crippen LogP contribution in [0.1, 0.15) is 13.8 Å². The van der Waals surface area contributed by atoms with Gasteiger partial charge in [0.05, 0.1) is 0 Å². The summed E-state index contributed by atoms with van der Waals surface area (Å²) in [5.74, 6) is 0. The fourth-order valence-electron chi connectivity index (χ4n) is 0.366. The van der Waals surface area contributed by atoms with E-state index >= 15 is 0 Å². The van der Waals surface area contributed by atoms with Crippen LogP contribution in [0.15, 0.2) is 0 Å². The van der Waals surface area contributed by atoms with Crippen LogP contribution in [0, 0.1) is 0 Å². The van der Waals surface area contributed by atoms with Crippen LogP contribution in [-0.2, 0) is 0 Å². The van der Waals surface area contributed by atoms with Crippen LogP contribution < -0.4 is 0 Å². The van der Waals surface area contributed by atoms with E-state index in [9.17, 15) is 0 Å². The second-order valence-corrected chi connectivity index (χ2v) is 6.78. The number of halogens is 4. The van der Waals surface area contributed by atoms with Gasteiger partial charge >= 0.3 is 0 Å². The summed E-state index contributed by atoms with van der Waals surface area (Å²) in [4.78, 5) is -0.761. The van der Waals surface area contributed by atoms with Gasteiger partial charge < -0.3 is 0 Å². The minimum absolute atomic E-state index is 0.315. The molecule has 0 atom stereocenters. The van der Waals surface area contributed by atoms with Gasteiger partial charge in [0.25, 0.3) is 0 Å². The zero-order valence-electron chi connectivity index (χ0n) is 5.57. The molecule has 0 radical (unpaired) electrons. The van der Waals surface area contributed by atoms with Crippen molar-refractivity contribution in [1.29, 1.82) is 0 Å². The number of alkyl halides is 4. The molecule has 0 saturated heterocycles. The van der Waals surface area contributed by atoms with Gasteiger partial charge in [-0.2, -0.15) is 0 Å². The first-order chi connectivity index (χ1) is 4.36. The number of hydrogen-bond donors (Lipinski definition) is 0. The second-order valence-electron chi connectivity index (χ2n) is 2.03. The Hall–Kier alpha value is 1.51. The van der Waals surface area contributed by atoms with E-state index in [-0.39, 0.29) is 0 Å². The maximum absolute atomic E-state index is 5.73. The molecule has 0 aliphatic carbocycles. The van der Waals surface area contributed by atoms with E-state index in [4.69, 9.17) is 46.4 Å². The van der Waals surface area contributed by atoms with Crippen LogP contribution in [0.5, 0.6) is 0 Å². The summed E-state index contributed by atoms with van der Waals surface area (Å²) in [6, 6.07) is 0. The third-order valence-corrected chi connectivity index (χ3v) is 4.00. The zero-order chi connectivity index (χ0) is 8.36. The van der Waals surface area contributed by atoms with Gasteiger partial charge in [-0.15, -0.1) is 35.0 Å². The molecule has 0 aromatic heterocycles. The highest BCUT2D eigenvalue weighted by Crippen LogP contribution is 2.44. The molecule has 0 aliphatic rings. The lowest BCUT2D eigenvalue weighted by Gasteiger charge is -2.21. The Morgan fingerprint density at radius 2 is 1.60 bits per heavy atom. The maximum atomic E-state index is 5.73. The molecule has 0 N–H and O–H groups in total. The van der Waals surface area contributed by atoms with Crippen molar-refractivity contribution in [1.82, 2.24) is 0 Å². The Kier molecular flexibility index (Phi) is 5.20. The first kappa shape index (κ1) is 11.5. The van der Waals surface area contributed by atoms with Gasteiger partial charge in [0.1, 0.15) is 4.84 Å². The van der Waals surface area contributed by atoms with Crippen molar-refractivity contribution in [2.75, 3.05) is 0 Å². The van der Waals surface area contributed by atoms with Gasteiger partial charge in [0, 0.05) is 5.25 Å². The molecule has 0 fully saturated rings. The molecule has 0 saturated carbocycles. The average molecular weight is 242 g/mol. The van der Waals surface area contributed by atoms with E-state index in [1.54, 1.807) is 0 Å². The summed E-state index contributed by atoms with van der Waals surface area (Å²) in [6.45, 7) is 3.95. The zero-order valence-corrected chi connectivity index (χ0v) is 9.42. The topological polar surface area (TPSA) is 0 Å². The summed E-state index contributed by atoms with van der Waals surface area (Å²) in [7, 11) is 0. The Bertz CT molecular complexity index is 102. The Morgan fingerprint density at radius 3 is 1.70 bits per heavy atom. The largest absolute Gasteiger partial charge is 0.193 e. The molecule has 0 rings (SSSR count). The monoisotopic (exact) mass is 240 g/mol. The van der Waals surface area contributed by atoms with Crippen LogP contribution in [0.25, 0.3) is 0 Å². The van der Waals surface area contributed by atoms with Gasteiger partial charge in [-0.1, -0.05) is 37.0 Å². The SMILES string of the molecule is CC(C)SC(Cl)(Cl)C(Cl)Cl. The highest BCUT2D eigenvalue weighted by molar-refractivity contribution is 8.03. The molecule has 0 bridgehead atoms. The van der Waals surface area contributed by atoms with E-state index in [0.717, 1.165) is 0 Å². The lowest BCUT2D eigenvalue weighted by molar-refractivity contribution is 1.08. The van der Waals surface area contributed by atoms with Gasteiger partial charge in [0.15, 0.2) is 3.67 Å². The first-order valence-electron chi connectivity index (χ1n) is 2.70. The summed E-state index contributed by atoms with van der Waals surface area (Å²) in [5.41, 5.74) is 0. The summed E-state index contributed by atoms with van der Waals surface area (Å²) >= 11 is 23.8. The minimum atomic E-state index is -1.09. The van der Waals surface area contributed by atoms with Crippen molar-refractivity contribution in [2.45, 2.75) is 27.6 Å². The van der Waals surface area contributed by atoms with Gasteiger partial charge in [-0.25, -0.2) is 0 Å². The molecular formula is C5H8Cl4S. The number of rotatable bonds is 3. The van der Waals surface area contributed by atoms with Crippen molar-refractivity contribution in [3.63, 3.8) is 0 Å². The molecule has 5 heteroatoms. The molecule has 0 aromatic carbocycles. The number of thioether (sulfide) groups is 1. The molecule has 0 spiro atoms. The fourth-order valence-corrected chi connectivity index (χ4v) is 2.47. The highest BCUT2D eigenvalue weighted by Gasteiger charge is 2.33. The van der Waals surface area contributed by atoms with Crippen LogP contribution in [0.2, 0.25) is 0 Å². The summed E-state index contributed by atoms with van der Waals surface area (Å²) in [5, 5.41) is 0.315. The van der Waals surface area contributed by atoms with Crippen LogP contribution in [0.3, 0.4) is 0 Å². The van der Waals surface area contributed by atoms with Crippen LogP contribution in [0.4, 0.5) is 0 Å². The van der Waals surface area contributed by atoms with Crippen molar-refractivity contribution in [2.24, 2.45) is 0 Å². The summed E-state index contributed by atoms with van der Waals surface area (Å²) in [6.07, 6.45) is 0. The van der Waals surface area contributed by atoms with Gasteiger partial charge in [0.2, 0.25) is 0 Å². The minimum Gasteiger partial charge on any atom is -0.118 e. The molecule has 10 heavy (non-hydrogen) atoms. The van der Waals surface area contributed by atoms with E-state index in [0.29, 0.717) is 5.25 Å². The molecule has 62 valence electrons. The fraction of sp³-hybridized carbons (Fsp3) is 1.00. The lowest BCUT2D eigenvalue weighted by Crippen LogP contribution is -2.19. The Morgan fingerprint density at radius 1 is 1.20 bits per heavy atom. The average Bonchev–Trinajstić information content (AvgIpc) is 1.60. The first-order valence-corrected chi connectivity index (χ1v) is 5.21. The maximum Gasteiger partial charge on any atom is 0.193 e. The second kappa shape index (κ2) is 4.51. The molecule has 0 unspecified atom stereocenters. The predicted molar refractivity (Wildman–Crippen MR) is 52.7 cm³/mol. The molecule has 0 nitrogen and oxygen atoms in total. The third kappa shape index (κ3) is 4.40. The molecule has 0 amide bonds. The van der Waals surface area contributed by atoms with Crippen molar-refractivity contribution in [3.05, 3.63) is 0 Å². The Balaban J connectivity index is 3.87. The van der Waals surface area contributed by atoms with Crippen molar-refractivity contribution in [3.8, 4) is 0 Å². The van der Waals surface area contributed by atoms with Gasteiger partial charge in [-0.05, 0) is 0 Å². The molecular weight excluding hydrogens is 234 g/mol. The lowest BCUT2D eigenvalue weighted by atomic mass is 10.6. The van der Waals surface area contributed by atoms with Gasteiger partial charge in [-0.3, -0.25) is 0 Å². The van der Waals surface area contributed by atoms with Crippen LogP contribution >= 0.6 is 58.2 Å². The normalized spacial score (nSPS) is 13.2. The van der Waals surface area contributed by atoms with E-state index in [1.165, 1.54) is 11.8 Å². The predicted octanol–water partition coefficient (Wildman–Crippen LogP) is 4.06. The summed E-state index contributed by atoms with van der Waals surface area (Å²) < 4.78 is -1.09. The van der Waals surface area contributed by atoms with Crippen LogP contribution in [-0.4, -0.2) is 13.8 Å². The van der Waals surface area contributed by atoms with E-state index in [2.05, 4.69) is 0 Å². The quantitative estimate of drug-likeness (QED) is 0.672. The molecule has 0 heterocycles. The molecule has 0 aliphatic heterocycles. The molecule has 0 aromatic rings. The number of hydrogen-bond acceptors (Lipinski definition) is 1. The highest BCUT2D eigenvalue weighted by atomic mass is 35.5. The Labute approximate surface area is 85.5 Å². The standard InChI is InChI=1S/C5H8Cl4S/c1-3(2)10-5(8,9)4(6)7/h3-4H,1-2H3. The smallest absolute Gasteiger partial charge is 0.118 e. The van der Waals surface area contributed by atoms with Crippen molar-refractivity contribution < 1.29 is 0 Å². The van der Waals surface area contributed by atoms with E-state index in [1.807, 2.05) is 13.8 Å². The van der Waals surface area contributed by atoms with E-state index < -0.39 is 8.50 Å².